The van der Waals surface area contributed by atoms with Gasteiger partial charge >= 0.3 is 0 Å². The number of aryl methyl sites for hydroxylation is 2. The summed E-state index contributed by atoms with van der Waals surface area (Å²) in [6.45, 7) is 9.45. The van der Waals surface area contributed by atoms with Gasteiger partial charge in [-0.2, -0.15) is 0 Å². The Morgan fingerprint density at radius 2 is 1.06 bits per heavy atom. The van der Waals surface area contributed by atoms with E-state index in [2.05, 4.69) is 176 Å². The molecule has 50 heavy (non-hydrogen) atoms. The van der Waals surface area contributed by atoms with E-state index < -0.39 is 0 Å². The van der Waals surface area contributed by atoms with Crippen LogP contribution in [0.3, 0.4) is 0 Å². The molecule has 1 aliphatic heterocycles. The summed E-state index contributed by atoms with van der Waals surface area (Å²) in [5.74, 6) is 1.82. The first-order chi connectivity index (χ1) is 24.4. The van der Waals surface area contributed by atoms with E-state index in [1.165, 1.54) is 27.9 Å². The number of para-hydroxylation sites is 1. The van der Waals surface area contributed by atoms with Crippen molar-refractivity contribution in [1.29, 1.82) is 0 Å². The average Bonchev–Trinajstić information content (AvgIpc) is 3.76. The molecule has 3 heterocycles. The van der Waals surface area contributed by atoms with Gasteiger partial charge in [0.05, 0.1) is 12.4 Å². The lowest BCUT2D eigenvalue weighted by Gasteiger charge is -2.24. The smallest absolute Gasteiger partial charge is 0.138 e. The van der Waals surface area contributed by atoms with Crippen molar-refractivity contribution in [2.45, 2.75) is 27.7 Å². The molecule has 2 aromatic heterocycles. The zero-order valence-corrected chi connectivity index (χ0v) is 28.9. The Bertz CT molecular complexity index is 2330. The van der Waals surface area contributed by atoms with E-state index in [1.54, 1.807) is 0 Å². The summed E-state index contributed by atoms with van der Waals surface area (Å²) < 4.78 is 6.71. The molecule has 244 valence electrons. The van der Waals surface area contributed by atoms with Crippen molar-refractivity contribution in [1.82, 2.24) is 4.98 Å². The summed E-state index contributed by atoms with van der Waals surface area (Å²) in [6.07, 6.45) is 6.16. The quantitative estimate of drug-likeness (QED) is 0.172. The van der Waals surface area contributed by atoms with Gasteiger partial charge in [-0.3, -0.25) is 4.98 Å². The maximum atomic E-state index is 6.71. The van der Waals surface area contributed by atoms with Crippen molar-refractivity contribution < 1.29 is 4.42 Å². The normalized spacial score (nSPS) is 12.6. The summed E-state index contributed by atoms with van der Waals surface area (Å²) in [5.41, 5.74) is 16.2. The molecule has 0 amide bonds. The second-order valence-corrected chi connectivity index (χ2v) is 13.1. The lowest BCUT2D eigenvalue weighted by Crippen LogP contribution is -2.25. The molecular formula is C46H39N3O. The SMILES string of the molecule is Cc1cccc(C)c1N1C=CN(c2ccc(-c3oc(-c4cccc(-c5ccccc5-c5cccc(-c6ccccn6)c5)c4)c(C)c3C)cc2)C1. The van der Waals surface area contributed by atoms with E-state index in [1.807, 2.05) is 18.3 Å². The van der Waals surface area contributed by atoms with Gasteiger partial charge in [-0.25, -0.2) is 0 Å². The zero-order chi connectivity index (χ0) is 34.2. The number of aromatic nitrogens is 1. The maximum Gasteiger partial charge on any atom is 0.138 e. The van der Waals surface area contributed by atoms with Crippen LogP contribution in [-0.4, -0.2) is 11.7 Å². The summed E-state index contributed by atoms with van der Waals surface area (Å²) in [6, 6.07) is 47.2. The van der Waals surface area contributed by atoms with Crippen molar-refractivity contribution in [2.24, 2.45) is 0 Å². The summed E-state index contributed by atoms with van der Waals surface area (Å²) in [4.78, 5) is 9.17. The van der Waals surface area contributed by atoms with Crippen LogP contribution in [0.15, 0.2) is 156 Å². The Balaban J connectivity index is 1.06. The van der Waals surface area contributed by atoms with E-state index in [0.717, 1.165) is 68.5 Å². The molecule has 0 aliphatic carbocycles. The highest BCUT2D eigenvalue weighted by atomic mass is 16.3. The van der Waals surface area contributed by atoms with Gasteiger partial charge in [0.1, 0.15) is 11.5 Å². The molecule has 1 aliphatic rings. The first-order valence-electron chi connectivity index (χ1n) is 17.1. The molecule has 7 aromatic rings. The number of nitrogens with zero attached hydrogens (tertiary/aromatic N) is 3. The van der Waals surface area contributed by atoms with Crippen molar-refractivity contribution >= 4 is 11.4 Å². The van der Waals surface area contributed by atoms with E-state index in [4.69, 9.17) is 4.42 Å². The minimum Gasteiger partial charge on any atom is -0.456 e. The molecule has 0 atom stereocenters. The van der Waals surface area contributed by atoms with Crippen LogP contribution in [0.5, 0.6) is 0 Å². The molecule has 0 fully saturated rings. The minimum atomic E-state index is 0.781. The summed E-state index contributed by atoms with van der Waals surface area (Å²) in [5, 5.41) is 0. The van der Waals surface area contributed by atoms with Gasteiger partial charge in [-0.05, 0) is 121 Å². The largest absolute Gasteiger partial charge is 0.456 e. The number of anilines is 2. The van der Waals surface area contributed by atoms with E-state index >= 15 is 0 Å². The van der Waals surface area contributed by atoms with Crippen LogP contribution in [-0.2, 0) is 0 Å². The summed E-state index contributed by atoms with van der Waals surface area (Å²) >= 11 is 0. The maximum absolute atomic E-state index is 6.71. The van der Waals surface area contributed by atoms with Crippen molar-refractivity contribution in [3.63, 3.8) is 0 Å². The first-order valence-corrected chi connectivity index (χ1v) is 17.1. The Morgan fingerprint density at radius 3 is 1.72 bits per heavy atom. The second-order valence-electron chi connectivity index (χ2n) is 13.1. The Morgan fingerprint density at radius 1 is 0.500 bits per heavy atom. The van der Waals surface area contributed by atoms with Gasteiger partial charge in [0.15, 0.2) is 0 Å². The predicted molar refractivity (Wildman–Crippen MR) is 208 cm³/mol. The van der Waals surface area contributed by atoms with Gasteiger partial charge in [-0.15, -0.1) is 0 Å². The third kappa shape index (κ3) is 5.79. The van der Waals surface area contributed by atoms with Crippen LogP contribution in [0.25, 0.3) is 56.2 Å². The van der Waals surface area contributed by atoms with Gasteiger partial charge in [0.2, 0.25) is 0 Å². The fraction of sp³-hybridized carbons (Fsp3) is 0.109. The van der Waals surface area contributed by atoms with Crippen LogP contribution in [0, 0.1) is 27.7 Å². The molecule has 0 bridgehead atoms. The van der Waals surface area contributed by atoms with Gasteiger partial charge in [-0.1, -0.05) is 84.9 Å². The molecule has 0 saturated carbocycles. The predicted octanol–water partition coefficient (Wildman–Crippen LogP) is 12.0. The number of benzene rings is 5. The monoisotopic (exact) mass is 649 g/mol. The minimum absolute atomic E-state index is 0.781. The highest BCUT2D eigenvalue weighted by Gasteiger charge is 2.21. The highest BCUT2D eigenvalue weighted by Crippen LogP contribution is 2.40. The Hall–Kier alpha value is -6.13. The molecule has 0 radical (unpaired) electrons. The second kappa shape index (κ2) is 13.1. The summed E-state index contributed by atoms with van der Waals surface area (Å²) in [7, 11) is 0. The molecule has 5 aromatic carbocycles. The third-order valence-electron chi connectivity index (χ3n) is 9.86. The van der Waals surface area contributed by atoms with E-state index in [-0.39, 0.29) is 0 Å². The topological polar surface area (TPSA) is 32.5 Å². The molecule has 4 heteroatoms. The van der Waals surface area contributed by atoms with E-state index in [0.29, 0.717) is 0 Å². The lowest BCUT2D eigenvalue weighted by atomic mass is 9.92. The first kappa shape index (κ1) is 31.2. The van der Waals surface area contributed by atoms with Crippen LogP contribution < -0.4 is 9.80 Å². The molecule has 0 unspecified atom stereocenters. The molecule has 8 rings (SSSR count). The zero-order valence-electron chi connectivity index (χ0n) is 28.9. The van der Waals surface area contributed by atoms with Crippen molar-refractivity contribution in [2.75, 3.05) is 16.5 Å². The van der Waals surface area contributed by atoms with Crippen LogP contribution in [0.2, 0.25) is 0 Å². The van der Waals surface area contributed by atoms with Crippen molar-refractivity contribution in [3.8, 4) is 56.2 Å². The average molecular weight is 650 g/mol. The molecule has 0 N–H and O–H groups in total. The highest BCUT2D eigenvalue weighted by molar-refractivity contribution is 5.87. The fourth-order valence-corrected chi connectivity index (χ4v) is 7.14. The molecule has 4 nitrogen and oxygen atoms in total. The van der Waals surface area contributed by atoms with Gasteiger partial charge < -0.3 is 14.2 Å². The van der Waals surface area contributed by atoms with Crippen LogP contribution in [0.4, 0.5) is 11.4 Å². The molecule has 0 saturated heterocycles. The number of pyridine rings is 1. The number of rotatable bonds is 7. The fourth-order valence-electron chi connectivity index (χ4n) is 7.14. The number of hydrogen-bond acceptors (Lipinski definition) is 4. The Labute approximate surface area is 294 Å². The van der Waals surface area contributed by atoms with Crippen molar-refractivity contribution in [3.05, 3.63) is 174 Å². The Kier molecular flexibility index (Phi) is 8.14. The van der Waals surface area contributed by atoms with E-state index in [9.17, 15) is 0 Å². The molecular weight excluding hydrogens is 611 g/mol. The van der Waals surface area contributed by atoms with Gasteiger partial charge in [0.25, 0.3) is 0 Å². The third-order valence-corrected chi connectivity index (χ3v) is 9.86. The molecule has 0 spiro atoms. The van der Waals surface area contributed by atoms with Gasteiger partial charge in [0, 0.05) is 46.7 Å². The standard InChI is InChI=1S/C46H39N3O/c1-31-12-9-13-32(2)44(31)49-27-26-48(30-49)40-23-21-35(22-24-40)45-33(3)34(4)46(50-45)39-17-11-15-37(29-39)42-19-6-5-18-41(42)36-14-10-16-38(28-36)43-20-7-8-25-47-43/h5-29H,30H2,1-4H3. The van der Waals surface area contributed by atoms with Crippen LogP contribution >= 0.6 is 0 Å². The number of hydrogen-bond donors (Lipinski definition) is 0. The lowest BCUT2D eigenvalue weighted by molar-refractivity contribution is 0.594. The van der Waals surface area contributed by atoms with Crippen LogP contribution in [0.1, 0.15) is 22.3 Å². The number of furan rings is 1.